The lowest BCUT2D eigenvalue weighted by atomic mass is 9.70. The number of nitrogens with zero attached hydrogens (tertiary/aromatic N) is 3. The van der Waals surface area contributed by atoms with E-state index in [4.69, 9.17) is 14.2 Å². The predicted octanol–water partition coefficient (Wildman–Crippen LogP) is 2.47. The number of aliphatic hydroxyl groups excluding tert-OH is 1. The minimum absolute atomic E-state index is 0.0400. The van der Waals surface area contributed by atoms with E-state index >= 15 is 0 Å². The fraction of sp³-hybridized carbons (Fsp3) is 0.622. The van der Waals surface area contributed by atoms with Crippen molar-refractivity contribution < 1.29 is 38.5 Å². The average Bonchev–Trinajstić information content (AvgIpc) is 3.71. The van der Waals surface area contributed by atoms with Crippen molar-refractivity contribution in [3.05, 3.63) is 61.2 Å². The van der Waals surface area contributed by atoms with Crippen molar-refractivity contribution in [2.45, 2.75) is 67.8 Å². The zero-order valence-electron chi connectivity index (χ0n) is 29.1. The van der Waals surface area contributed by atoms with Gasteiger partial charge in [-0.3, -0.25) is 24.1 Å². The van der Waals surface area contributed by atoms with E-state index < -0.39 is 53.6 Å². The van der Waals surface area contributed by atoms with Crippen molar-refractivity contribution in [3.8, 4) is 0 Å². The first kappa shape index (κ1) is 38.1. The van der Waals surface area contributed by atoms with Crippen LogP contribution in [0.3, 0.4) is 0 Å². The van der Waals surface area contributed by atoms with E-state index in [0.717, 1.165) is 13.1 Å². The molecule has 4 fully saturated rings. The van der Waals surface area contributed by atoms with E-state index in [0.29, 0.717) is 44.7 Å². The Morgan fingerprint density at radius 3 is 2.54 bits per heavy atom. The summed E-state index contributed by atoms with van der Waals surface area (Å²) in [6.07, 6.45) is 2.88. The maximum atomic E-state index is 14.8. The van der Waals surface area contributed by atoms with Gasteiger partial charge in [0.15, 0.2) is 0 Å². The van der Waals surface area contributed by atoms with E-state index in [2.05, 4.69) is 39.3 Å². The summed E-state index contributed by atoms with van der Waals surface area (Å²) in [5, 5.41) is 13.5. The van der Waals surface area contributed by atoms with Crippen molar-refractivity contribution in [2.75, 3.05) is 59.1 Å². The van der Waals surface area contributed by atoms with Crippen LogP contribution in [-0.4, -0.2) is 131 Å². The van der Waals surface area contributed by atoms with Crippen LogP contribution >= 0.6 is 15.9 Å². The molecule has 13 heteroatoms. The van der Waals surface area contributed by atoms with Crippen LogP contribution < -0.4 is 5.32 Å². The number of morpholine rings is 1. The van der Waals surface area contributed by atoms with E-state index in [1.807, 2.05) is 44.2 Å². The molecule has 12 nitrogen and oxygen atoms in total. The van der Waals surface area contributed by atoms with Crippen LogP contribution in [0.5, 0.6) is 0 Å². The van der Waals surface area contributed by atoms with Crippen molar-refractivity contribution in [3.63, 3.8) is 0 Å². The van der Waals surface area contributed by atoms with Gasteiger partial charge in [0, 0.05) is 44.0 Å². The number of ether oxygens (including phenoxy) is 3. The van der Waals surface area contributed by atoms with Gasteiger partial charge in [-0.05, 0) is 24.3 Å². The molecule has 5 rings (SSSR count). The monoisotopic (exact) mass is 758 g/mol. The fourth-order valence-electron chi connectivity index (χ4n) is 7.94. The van der Waals surface area contributed by atoms with Gasteiger partial charge in [-0.15, -0.1) is 13.2 Å². The molecule has 4 saturated heterocycles. The molecule has 1 aromatic rings. The molecular formula is C37H51BrN4O8. The number of likely N-dealkylation sites (tertiary alicyclic amines) is 1. The van der Waals surface area contributed by atoms with E-state index in [9.17, 15) is 24.3 Å². The van der Waals surface area contributed by atoms with Crippen LogP contribution in [0.25, 0.3) is 0 Å². The first-order valence-corrected chi connectivity index (χ1v) is 18.6. The summed E-state index contributed by atoms with van der Waals surface area (Å²) in [6.45, 7) is 15.1. The molecule has 0 radical (unpaired) electrons. The van der Waals surface area contributed by atoms with Gasteiger partial charge in [-0.1, -0.05) is 72.3 Å². The number of halogens is 1. The molecule has 1 aromatic carbocycles. The molecule has 2 bridgehead atoms. The van der Waals surface area contributed by atoms with Gasteiger partial charge in [0.1, 0.15) is 17.7 Å². The molecule has 1 unspecified atom stereocenters. The van der Waals surface area contributed by atoms with Crippen LogP contribution in [0.4, 0.5) is 0 Å². The Kier molecular flexibility index (Phi) is 12.9. The van der Waals surface area contributed by atoms with Crippen molar-refractivity contribution in [2.24, 2.45) is 17.8 Å². The molecule has 1 spiro atoms. The minimum Gasteiger partial charge on any atom is -0.455 e. The van der Waals surface area contributed by atoms with Gasteiger partial charge in [-0.25, -0.2) is 0 Å². The maximum Gasteiger partial charge on any atom is 0.313 e. The molecule has 0 saturated carbocycles. The number of esters is 1. The van der Waals surface area contributed by atoms with Gasteiger partial charge in [0.05, 0.1) is 50.3 Å². The van der Waals surface area contributed by atoms with Crippen molar-refractivity contribution >= 4 is 39.6 Å². The molecule has 274 valence electrons. The summed E-state index contributed by atoms with van der Waals surface area (Å²) in [4.78, 5) is 61.4. The highest BCUT2D eigenvalue weighted by Gasteiger charge is 2.77. The van der Waals surface area contributed by atoms with E-state index in [1.54, 1.807) is 17.1 Å². The minimum atomic E-state index is -1.32. The third-order valence-electron chi connectivity index (χ3n) is 10.5. The van der Waals surface area contributed by atoms with E-state index in [-0.39, 0.29) is 48.7 Å². The zero-order chi connectivity index (χ0) is 36.0. The molecule has 0 aromatic heterocycles. The van der Waals surface area contributed by atoms with Crippen LogP contribution in [-0.2, 0) is 33.4 Å². The SMILES string of the molecule is C=CCCC(=O)NC[C@@H](OC(=O)[C@H]1[C@@H]2O[C@@]3(CC2Br)[C@@H]1C(=O)N([C@@H](CO)C(C)C)[C@@H]3C(=O)N(CC=C)CCN1CCOCC1)c1ccccc1. The number of hydrogen-bond acceptors (Lipinski definition) is 9. The van der Waals surface area contributed by atoms with Gasteiger partial charge >= 0.3 is 5.97 Å². The molecule has 4 aliphatic heterocycles. The Hall–Kier alpha value is -3.10. The number of fused-ring (bicyclic) bond motifs is 1. The number of aliphatic hydroxyl groups is 1. The van der Waals surface area contributed by atoms with Gasteiger partial charge in [-0.2, -0.15) is 0 Å². The Morgan fingerprint density at radius 2 is 1.90 bits per heavy atom. The van der Waals surface area contributed by atoms with Crippen LogP contribution in [0.15, 0.2) is 55.6 Å². The second-order valence-electron chi connectivity index (χ2n) is 13.9. The summed E-state index contributed by atoms with van der Waals surface area (Å²) in [5.74, 6) is -3.75. The third-order valence-corrected chi connectivity index (χ3v) is 11.3. The second-order valence-corrected chi connectivity index (χ2v) is 15.1. The number of allylic oxidation sites excluding steroid dienone is 1. The molecule has 50 heavy (non-hydrogen) atoms. The summed E-state index contributed by atoms with van der Waals surface area (Å²) < 4.78 is 18.4. The molecule has 3 amide bonds. The Bertz CT molecular complexity index is 1390. The number of hydrogen-bond donors (Lipinski definition) is 2. The standard InChI is InChI=1S/C37H51BrN4O8/c1-5-7-13-29(44)39-22-28(25-11-9-8-10-12-25)49-36(47)30-31-34(45)42(27(23-43)24(3)4)33(37(31)21-26(38)32(30)50-37)35(46)41(14-6-2)16-15-40-17-19-48-20-18-40/h5-6,8-12,24,26-28,30-33,43H,1-2,7,13-23H2,3-4H3,(H,39,44)/t26?,27-,28+,30+,31-,32+,33+,37-/m0/s1. The fourth-order valence-corrected chi connectivity index (χ4v) is 8.89. The highest BCUT2D eigenvalue weighted by atomic mass is 79.9. The molecule has 8 atom stereocenters. The van der Waals surface area contributed by atoms with Crippen molar-refractivity contribution in [1.82, 2.24) is 20.0 Å². The average molecular weight is 760 g/mol. The number of alkyl halides is 1. The second kappa shape index (κ2) is 16.9. The van der Waals surface area contributed by atoms with Gasteiger partial charge in [0.2, 0.25) is 17.7 Å². The van der Waals surface area contributed by atoms with E-state index in [1.165, 1.54) is 4.90 Å². The Balaban J connectivity index is 1.46. The zero-order valence-corrected chi connectivity index (χ0v) is 30.7. The van der Waals surface area contributed by atoms with Gasteiger partial charge < -0.3 is 34.4 Å². The molecule has 4 heterocycles. The number of nitrogens with one attached hydrogen (secondary N) is 1. The Morgan fingerprint density at radius 1 is 1.18 bits per heavy atom. The Labute approximate surface area is 303 Å². The lowest BCUT2D eigenvalue weighted by Gasteiger charge is -2.41. The summed E-state index contributed by atoms with van der Waals surface area (Å²) >= 11 is 3.73. The smallest absolute Gasteiger partial charge is 0.313 e. The number of amides is 3. The number of carbonyl (C=O) groups is 4. The van der Waals surface area contributed by atoms with Crippen molar-refractivity contribution in [1.29, 1.82) is 0 Å². The first-order chi connectivity index (χ1) is 24.1. The quantitative estimate of drug-likeness (QED) is 0.140. The molecular weight excluding hydrogens is 708 g/mol. The number of carbonyl (C=O) groups excluding carboxylic acids is 4. The predicted molar refractivity (Wildman–Crippen MR) is 190 cm³/mol. The lowest BCUT2D eigenvalue weighted by molar-refractivity contribution is -0.161. The molecule has 4 aliphatic rings. The summed E-state index contributed by atoms with van der Waals surface area (Å²) in [7, 11) is 0. The van der Waals surface area contributed by atoms with Crippen LogP contribution in [0.1, 0.15) is 44.8 Å². The molecule has 2 N–H and O–H groups in total. The first-order valence-electron chi connectivity index (χ1n) is 17.7. The highest BCUT2D eigenvalue weighted by Crippen LogP contribution is 2.61. The number of rotatable bonds is 17. The van der Waals surface area contributed by atoms with Crippen LogP contribution in [0, 0.1) is 17.8 Å². The summed E-state index contributed by atoms with van der Waals surface area (Å²) in [6, 6.07) is 7.37. The normalized spacial score (nSPS) is 28.6. The summed E-state index contributed by atoms with van der Waals surface area (Å²) in [5.41, 5.74) is -0.634. The highest BCUT2D eigenvalue weighted by molar-refractivity contribution is 9.09. The topological polar surface area (TPSA) is 138 Å². The third kappa shape index (κ3) is 7.72. The van der Waals surface area contributed by atoms with Gasteiger partial charge in [0.25, 0.3) is 0 Å². The largest absolute Gasteiger partial charge is 0.455 e. The maximum absolute atomic E-state index is 14.8. The lowest BCUT2D eigenvalue weighted by Crippen LogP contribution is -2.60. The number of benzene rings is 1. The van der Waals surface area contributed by atoms with Crippen LogP contribution in [0.2, 0.25) is 0 Å². The molecule has 0 aliphatic carbocycles.